The number of rotatable bonds is 35. The molecule has 5 nitrogen and oxygen atoms in total. The summed E-state index contributed by atoms with van der Waals surface area (Å²) in [5.74, 6) is -0.350. The molecule has 48 heavy (non-hydrogen) atoms. The van der Waals surface area contributed by atoms with Gasteiger partial charge < -0.3 is 37.9 Å². The minimum Gasteiger partial charge on any atom is -1.00 e. The molecule has 0 spiro atoms. The molecule has 0 radical (unpaired) electrons. The van der Waals surface area contributed by atoms with Crippen LogP contribution in [0, 0.1) is 0 Å². The standard InChI is InChI=1S/C42H80NO4.HI/c1-6-8-10-12-14-16-18-20-22-24-26-28-30-32-34-36-41(44)46-39-40(38-43(3,4)5)47-42(45)37-35-33-31-29-27-25-23-21-19-17-15-13-11-9-7-2;/h20-23,40H,6-19,24-39H2,1-5H3;1H/q+1;/p-1/b22-20+,23-21+;. The van der Waals surface area contributed by atoms with Crippen molar-refractivity contribution in [3.05, 3.63) is 24.3 Å². The quantitative estimate of drug-likeness (QED) is 0.0211. The van der Waals surface area contributed by atoms with E-state index in [4.69, 9.17) is 9.47 Å². The van der Waals surface area contributed by atoms with Crippen molar-refractivity contribution in [2.75, 3.05) is 34.3 Å². The van der Waals surface area contributed by atoms with Gasteiger partial charge in [-0.15, -0.1) is 0 Å². The predicted octanol–water partition coefficient (Wildman–Crippen LogP) is 9.23. The lowest BCUT2D eigenvalue weighted by Crippen LogP contribution is -3.00. The molecule has 0 N–H and O–H groups in total. The fraction of sp³-hybridized carbons (Fsp3) is 0.857. The number of carbonyl (C=O) groups is 2. The average molecular weight is 790 g/mol. The second-order valence-electron chi connectivity index (χ2n) is 14.9. The van der Waals surface area contributed by atoms with E-state index in [1.54, 1.807) is 0 Å². The van der Waals surface area contributed by atoms with E-state index in [0.717, 1.165) is 38.5 Å². The van der Waals surface area contributed by atoms with E-state index < -0.39 is 6.10 Å². The Bertz CT molecular complexity index is 761. The topological polar surface area (TPSA) is 52.6 Å². The number of esters is 2. The van der Waals surface area contributed by atoms with Gasteiger partial charge in [-0.1, -0.05) is 141 Å². The van der Waals surface area contributed by atoms with Gasteiger partial charge in [0.1, 0.15) is 13.2 Å². The molecule has 0 aromatic carbocycles. The van der Waals surface area contributed by atoms with Crippen molar-refractivity contribution in [1.29, 1.82) is 0 Å². The number of unbranched alkanes of at least 4 members (excludes halogenated alkanes) is 22. The minimum absolute atomic E-state index is 0. The maximum Gasteiger partial charge on any atom is 0.306 e. The monoisotopic (exact) mass is 790 g/mol. The summed E-state index contributed by atoms with van der Waals surface area (Å²) in [6, 6.07) is 0. The fourth-order valence-corrected chi connectivity index (χ4v) is 5.92. The Morgan fingerprint density at radius 3 is 1.21 bits per heavy atom. The van der Waals surface area contributed by atoms with Crippen LogP contribution < -0.4 is 24.0 Å². The summed E-state index contributed by atoms with van der Waals surface area (Å²) in [5, 5.41) is 0. The number of hydrogen-bond donors (Lipinski definition) is 0. The molecule has 0 heterocycles. The number of nitrogens with zero attached hydrogens (tertiary/aromatic N) is 1. The van der Waals surface area contributed by atoms with Gasteiger partial charge in [0.15, 0.2) is 6.10 Å². The number of likely N-dealkylation sites (N-methyl/N-ethyl adjacent to an activating group) is 1. The number of halogens is 1. The zero-order valence-corrected chi connectivity index (χ0v) is 34.7. The van der Waals surface area contributed by atoms with E-state index in [9.17, 15) is 9.59 Å². The van der Waals surface area contributed by atoms with Crippen molar-refractivity contribution in [2.24, 2.45) is 0 Å². The maximum atomic E-state index is 12.6. The Balaban J connectivity index is 0. The van der Waals surface area contributed by atoms with Gasteiger partial charge in [-0.2, -0.15) is 0 Å². The first kappa shape index (κ1) is 49.2. The molecule has 6 heteroatoms. The smallest absolute Gasteiger partial charge is 0.306 e. The summed E-state index contributed by atoms with van der Waals surface area (Å²) >= 11 is 0. The van der Waals surface area contributed by atoms with E-state index in [1.807, 2.05) is 0 Å². The molecule has 0 aliphatic rings. The molecule has 0 saturated heterocycles. The van der Waals surface area contributed by atoms with E-state index in [1.165, 1.54) is 128 Å². The minimum atomic E-state index is -0.399. The van der Waals surface area contributed by atoms with Crippen molar-refractivity contribution in [3.8, 4) is 0 Å². The van der Waals surface area contributed by atoms with Gasteiger partial charge in [0, 0.05) is 12.8 Å². The molecule has 0 fully saturated rings. The molecule has 0 aromatic heterocycles. The molecular weight excluding hydrogens is 709 g/mol. The third-order valence-corrected chi connectivity index (χ3v) is 8.77. The van der Waals surface area contributed by atoms with Crippen LogP contribution in [0.2, 0.25) is 0 Å². The highest BCUT2D eigenvalue weighted by atomic mass is 127. The second-order valence-corrected chi connectivity index (χ2v) is 14.9. The zero-order chi connectivity index (χ0) is 34.7. The Kier molecular flexibility index (Phi) is 38.3. The molecule has 0 amide bonds. The van der Waals surface area contributed by atoms with Crippen LogP contribution in [0.15, 0.2) is 24.3 Å². The van der Waals surface area contributed by atoms with Crippen LogP contribution in [-0.2, 0) is 19.1 Å². The van der Waals surface area contributed by atoms with Gasteiger partial charge in [0.2, 0.25) is 0 Å². The molecule has 1 atom stereocenters. The van der Waals surface area contributed by atoms with Crippen LogP contribution >= 0.6 is 0 Å². The molecule has 0 aliphatic carbocycles. The molecular formula is C42H80INO4. The lowest BCUT2D eigenvalue weighted by Gasteiger charge is -2.28. The summed E-state index contributed by atoms with van der Waals surface area (Å²) in [7, 11) is 6.20. The van der Waals surface area contributed by atoms with Gasteiger partial charge in [-0.05, 0) is 64.2 Å². The van der Waals surface area contributed by atoms with Crippen LogP contribution in [0.1, 0.15) is 194 Å². The maximum absolute atomic E-state index is 12.6. The first-order valence-corrected chi connectivity index (χ1v) is 20.2. The van der Waals surface area contributed by atoms with Crippen molar-refractivity contribution < 1.29 is 47.5 Å². The normalized spacial score (nSPS) is 12.4. The SMILES string of the molecule is CCCCCCCC/C=C/CCCCCCCC(=O)OCC(C[N+](C)(C)C)OC(=O)CCCCCCC/C=C/CCCCCCCC.[I-]. The average Bonchev–Trinajstić information content (AvgIpc) is 3.03. The molecule has 0 aliphatic heterocycles. The fourth-order valence-electron chi connectivity index (χ4n) is 5.92. The number of carbonyl (C=O) groups excluding carboxylic acids is 2. The summed E-state index contributed by atoms with van der Waals surface area (Å²) in [6.45, 7) is 5.31. The number of ether oxygens (including phenoxy) is 2. The van der Waals surface area contributed by atoms with Crippen LogP contribution in [0.3, 0.4) is 0 Å². The molecule has 0 saturated carbocycles. The Labute approximate surface area is 316 Å². The lowest BCUT2D eigenvalue weighted by atomic mass is 10.1. The third-order valence-electron chi connectivity index (χ3n) is 8.77. The van der Waals surface area contributed by atoms with E-state index in [2.05, 4.69) is 59.3 Å². The first-order chi connectivity index (χ1) is 22.8. The predicted molar refractivity (Wildman–Crippen MR) is 203 cm³/mol. The number of hydrogen-bond acceptors (Lipinski definition) is 4. The van der Waals surface area contributed by atoms with Crippen molar-refractivity contribution in [2.45, 2.75) is 200 Å². The van der Waals surface area contributed by atoms with Crippen molar-refractivity contribution in [3.63, 3.8) is 0 Å². The molecule has 0 aromatic rings. The molecule has 0 bridgehead atoms. The van der Waals surface area contributed by atoms with E-state index in [0.29, 0.717) is 23.9 Å². The van der Waals surface area contributed by atoms with Gasteiger partial charge in [-0.3, -0.25) is 9.59 Å². The van der Waals surface area contributed by atoms with Gasteiger partial charge >= 0.3 is 11.9 Å². The van der Waals surface area contributed by atoms with Crippen molar-refractivity contribution >= 4 is 11.9 Å². The first-order valence-electron chi connectivity index (χ1n) is 20.2. The summed E-state index contributed by atoms with van der Waals surface area (Å²) < 4.78 is 12.0. The second kappa shape index (κ2) is 37.4. The highest BCUT2D eigenvalue weighted by Gasteiger charge is 2.23. The Hall–Kier alpha value is -0.890. The van der Waals surface area contributed by atoms with Crippen LogP contribution in [0.25, 0.3) is 0 Å². The highest BCUT2D eigenvalue weighted by Crippen LogP contribution is 2.13. The third kappa shape index (κ3) is 39.5. The Morgan fingerprint density at radius 2 is 0.833 bits per heavy atom. The van der Waals surface area contributed by atoms with Gasteiger partial charge in [-0.25, -0.2) is 0 Å². The molecule has 0 rings (SSSR count). The van der Waals surface area contributed by atoms with E-state index >= 15 is 0 Å². The number of quaternary nitrogens is 1. The van der Waals surface area contributed by atoms with Crippen LogP contribution in [0.4, 0.5) is 0 Å². The van der Waals surface area contributed by atoms with Crippen molar-refractivity contribution in [1.82, 2.24) is 0 Å². The van der Waals surface area contributed by atoms with Crippen LogP contribution in [0.5, 0.6) is 0 Å². The summed E-state index contributed by atoms with van der Waals surface area (Å²) in [6.07, 6.45) is 42.1. The lowest BCUT2D eigenvalue weighted by molar-refractivity contribution is -0.873. The van der Waals surface area contributed by atoms with Gasteiger partial charge in [0.05, 0.1) is 21.1 Å². The van der Waals surface area contributed by atoms with Crippen LogP contribution in [-0.4, -0.2) is 56.8 Å². The molecule has 1 unspecified atom stereocenters. The number of allylic oxidation sites excluding steroid dienone is 4. The summed E-state index contributed by atoms with van der Waals surface area (Å²) in [4.78, 5) is 24.9. The molecule has 284 valence electrons. The van der Waals surface area contributed by atoms with Gasteiger partial charge in [0.25, 0.3) is 0 Å². The zero-order valence-electron chi connectivity index (χ0n) is 32.6. The summed E-state index contributed by atoms with van der Waals surface area (Å²) in [5.41, 5.74) is 0. The van der Waals surface area contributed by atoms with E-state index in [-0.39, 0.29) is 42.5 Å². The largest absolute Gasteiger partial charge is 1.00 e. The highest BCUT2D eigenvalue weighted by molar-refractivity contribution is 5.70. The Morgan fingerprint density at radius 1 is 0.500 bits per heavy atom.